The van der Waals surface area contributed by atoms with Gasteiger partial charge >= 0.3 is 0 Å². The SMILES string of the molecule is CCC(=O)c1cc(Br)c2ccccc2c1F. The molecule has 2 aromatic rings. The molecule has 0 spiro atoms. The molecule has 0 N–H and O–H groups in total. The van der Waals surface area contributed by atoms with E-state index in [0.29, 0.717) is 11.8 Å². The number of halogens is 2. The smallest absolute Gasteiger partial charge is 0.165 e. The van der Waals surface area contributed by atoms with Crippen LogP contribution in [0.1, 0.15) is 23.7 Å². The van der Waals surface area contributed by atoms with Crippen LogP contribution in [-0.2, 0) is 0 Å². The van der Waals surface area contributed by atoms with Gasteiger partial charge in [-0.25, -0.2) is 4.39 Å². The lowest BCUT2D eigenvalue weighted by Crippen LogP contribution is -2.01. The van der Waals surface area contributed by atoms with E-state index in [2.05, 4.69) is 15.9 Å². The van der Waals surface area contributed by atoms with Gasteiger partial charge in [-0.05, 0) is 11.5 Å². The maximum absolute atomic E-state index is 14.0. The van der Waals surface area contributed by atoms with Crippen molar-refractivity contribution >= 4 is 32.5 Å². The van der Waals surface area contributed by atoms with Crippen LogP contribution in [0.15, 0.2) is 34.8 Å². The van der Waals surface area contributed by atoms with E-state index >= 15 is 0 Å². The number of carbonyl (C=O) groups excluding carboxylic acids is 1. The number of hydrogen-bond donors (Lipinski definition) is 0. The molecule has 82 valence electrons. The Hall–Kier alpha value is -1.22. The Bertz CT molecular complexity index is 563. The van der Waals surface area contributed by atoms with Gasteiger partial charge in [0.05, 0.1) is 5.56 Å². The van der Waals surface area contributed by atoms with Crippen molar-refractivity contribution in [2.45, 2.75) is 13.3 Å². The zero-order valence-corrected chi connectivity index (χ0v) is 10.3. The van der Waals surface area contributed by atoms with E-state index in [9.17, 15) is 9.18 Å². The minimum atomic E-state index is -0.425. The summed E-state index contributed by atoms with van der Waals surface area (Å²) in [4.78, 5) is 11.6. The van der Waals surface area contributed by atoms with E-state index in [4.69, 9.17) is 0 Å². The van der Waals surface area contributed by atoms with E-state index in [1.165, 1.54) is 0 Å². The Morgan fingerprint density at radius 1 is 1.31 bits per heavy atom. The zero-order chi connectivity index (χ0) is 11.7. The van der Waals surface area contributed by atoms with E-state index < -0.39 is 5.82 Å². The summed E-state index contributed by atoms with van der Waals surface area (Å²) in [7, 11) is 0. The zero-order valence-electron chi connectivity index (χ0n) is 8.76. The minimum Gasteiger partial charge on any atom is -0.294 e. The summed E-state index contributed by atoms with van der Waals surface area (Å²) in [5, 5.41) is 1.27. The highest BCUT2D eigenvalue weighted by Crippen LogP contribution is 2.29. The molecule has 16 heavy (non-hydrogen) atoms. The molecule has 0 saturated heterocycles. The summed E-state index contributed by atoms with van der Waals surface area (Å²) in [5.41, 5.74) is 0.160. The highest BCUT2D eigenvalue weighted by atomic mass is 79.9. The van der Waals surface area contributed by atoms with E-state index in [1.54, 1.807) is 25.1 Å². The molecule has 0 atom stereocenters. The lowest BCUT2D eigenvalue weighted by molar-refractivity contribution is 0.0984. The molecule has 0 saturated carbocycles. The fraction of sp³-hybridized carbons (Fsp3) is 0.154. The van der Waals surface area contributed by atoms with E-state index in [-0.39, 0.29) is 11.3 Å². The average molecular weight is 281 g/mol. The van der Waals surface area contributed by atoms with Crippen LogP contribution in [0.4, 0.5) is 4.39 Å². The molecule has 1 nitrogen and oxygen atoms in total. The number of rotatable bonds is 2. The molecule has 0 amide bonds. The van der Waals surface area contributed by atoms with Crippen LogP contribution in [0, 0.1) is 5.82 Å². The topological polar surface area (TPSA) is 17.1 Å². The summed E-state index contributed by atoms with van der Waals surface area (Å²) >= 11 is 3.36. The second-order valence-electron chi connectivity index (χ2n) is 3.54. The first kappa shape index (κ1) is 11.3. The Labute approximate surface area is 101 Å². The van der Waals surface area contributed by atoms with Gasteiger partial charge < -0.3 is 0 Å². The highest BCUT2D eigenvalue weighted by Gasteiger charge is 2.14. The Morgan fingerprint density at radius 2 is 1.94 bits per heavy atom. The Morgan fingerprint density at radius 3 is 2.56 bits per heavy atom. The number of benzene rings is 2. The van der Waals surface area contributed by atoms with Crippen LogP contribution < -0.4 is 0 Å². The molecule has 0 unspecified atom stereocenters. The Balaban J connectivity index is 2.80. The van der Waals surface area contributed by atoms with Gasteiger partial charge in [0.2, 0.25) is 0 Å². The summed E-state index contributed by atoms with van der Waals surface area (Å²) < 4.78 is 14.8. The van der Waals surface area contributed by atoms with Gasteiger partial charge in [-0.1, -0.05) is 47.1 Å². The summed E-state index contributed by atoms with van der Waals surface area (Å²) in [6, 6.07) is 8.67. The van der Waals surface area contributed by atoms with Crippen LogP contribution in [-0.4, -0.2) is 5.78 Å². The molecule has 0 aliphatic rings. The van der Waals surface area contributed by atoms with Crippen molar-refractivity contribution in [3.8, 4) is 0 Å². The van der Waals surface area contributed by atoms with Crippen molar-refractivity contribution in [1.29, 1.82) is 0 Å². The van der Waals surface area contributed by atoms with Crippen LogP contribution in [0.2, 0.25) is 0 Å². The first-order valence-corrected chi connectivity index (χ1v) is 5.84. The van der Waals surface area contributed by atoms with Gasteiger partial charge in [-0.3, -0.25) is 4.79 Å². The molecule has 3 heteroatoms. The van der Waals surface area contributed by atoms with E-state index in [1.807, 2.05) is 12.1 Å². The summed E-state index contributed by atoms with van der Waals surface area (Å²) in [5.74, 6) is -0.602. The monoisotopic (exact) mass is 280 g/mol. The number of fused-ring (bicyclic) bond motifs is 1. The average Bonchev–Trinajstić information content (AvgIpc) is 2.33. The molecule has 2 aromatic carbocycles. The third-order valence-corrected chi connectivity index (χ3v) is 3.21. The molecular weight excluding hydrogens is 271 g/mol. The molecule has 2 rings (SSSR count). The van der Waals surface area contributed by atoms with Gasteiger partial charge in [0.1, 0.15) is 5.82 Å². The number of Topliss-reactive ketones (excluding diaryl/α,β-unsaturated/α-hetero) is 1. The maximum Gasteiger partial charge on any atom is 0.165 e. The Kier molecular flexibility index (Phi) is 3.06. The number of ketones is 1. The van der Waals surface area contributed by atoms with Crippen molar-refractivity contribution < 1.29 is 9.18 Å². The van der Waals surface area contributed by atoms with Gasteiger partial charge in [0.25, 0.3) is 0 Å². The largest absolute Gasteiger partial charge is 0.294 e. The van der Waals surface area contributed by atoms with Gasteiger partial charge in [0, 0.05) is 16.3 Å². The third-order valence-electron chi connectivity index (χ3n) is 2.55. The first-order chi connectivity index (χ1) is 7.65. The third kappa shape index (κ3) is 1.76. The molecule has 0 heterocycles. The van der Waals surface area contributed by atoms with Crippen molar-refractivity contribution in [3.05, 3.63) is 46.2 Å². The fourth-order valence-electron chi connectivity index (χ4n) is 1.69. The molecular formula is C13H10BrFO. The van der Waals surface area contributed by atoms with Crippen LogP contribution in [0.3, 0.4) is 0 Å². The summed E-state index contributed by atoms with van der Waals surface area (Å²) in [6.07, 6.45) is 0.307. The molecule has 0 radical (unpaired) electrons. The molecule has 0 aromatic heterocycles. The van der Waals surface area contributed by atoms with Crippen molar-refractivity contribution in [1.82, 2.24) is 0 Å². The highest BCUT2D eigenvalue weighted by molar-refractivity contribution is 9.10. The van der Waals surface area contributed by atoms with Crippen molar-refractivity contribution in [3.63, 3.8) is 0 Å². The first-order valence-electron chi connectivity index (χ1n) is 5.05. The van der Waals surface area contributed by atoms with Gasteiger partial charge in [-0.15, -0.1) is 0 Å². The van der Waals surface area contributed by atoms with Crippen molar-refractivity contribution in [2.75, 3.05) is 0 Å². The molecule has 0 bridgehead atoms. The van der Waals surface area contributed by atoms with Gasteiger partial charge in [0.15, 0.2) is 5.78 Å². The van der Waals surface area contributed by atoms with E-state index in [0.717, 1.165) is 9.86 Å². The standard InChI is InChI=1S/C13H10BrFO/c1-2-12(16)10-7-11(14)8-5-3-4-6-9(8)13(10)15/h3-7H,2H2,1H3. The lowest BCUT2D eigenvalue weighted by atomic mass is 10.0. The normalized spacial score (nSPS) is 10.7. The molecule has 0 fully saturated rings. The maximum atomic E-state index is 14.0. The lowest BCUT2D eigenvalue weighted by Gasteiger charge is -2.07. The van der Waals surface area contributed by atoms with Crippen LogP contribution in [0.25, 0.3) is 10.8 Å². The minimum absolute atomic E-state index is 0.160. The molecule has 0 aliphatic heterocycles. The van der Waals surface area contributed by atoms with Crippen LogP contribution in [0.5, 0.6) is 0 Å². The van der Waals surface area contributed by atoms with Crippen molar-refractivity contribution in [2.24, 2.45) is 0 Å². The number of carbonyl (C=O) groups is 1. The second-order valence-corrected chi connectivity index (χ2v) is 4.40. The number of hydrogen-bond acceptors (Lipinski definition) is 1. The van der Waals surface area contributed by atoms with Gasteiger partial charge in [-0.2, -0.15) is 0 Å². The fourth-order valence-corrected chi connectivity index (χ4v) is 2.26. The quantitative estimate of drug-likeness (QED) is 0.748. The summed E-state index contributed by atoms with van der Waals surface area (Å²) in [6.45, 7) is 1.73. The predicted octanol–water partition coefficient (Wildman–Crippen LogP) is 4.33. The molecule has 0 aliphatic carbocycles. The second kappa shape index (κ2) is 4.34. The van der Waals surface area contributed by atoms with Crippen LogP contribution >= 0.6 is 15.9 Å². The predicted molar refractivity (Wildman–Crippen MR) is 66.2 cm³/mol.